The summed E-state index contributed by atoms with van der Waals surface area (Å²) in [4.78, 5) is 12.5. The van der Waals surface area contributed by atoms with Gasteiger partial charge >= 0.3 is 0 Å². The van der Waals surface area contributed by atoms with Gasteiger partial charge in [-0.1, -0.05) is 17.7 Å². The maximum absolute atomic E-state index is 12.5. The number of halogens is 1. The van der Waals surface area contributed by atoms with E-state index in [1.165, 1.54) is 6.08 Å². The Balaban J connectivity index is 2.26. The summed E-state index contributed by atoms with van der Waals surface area (Å²) in [6.45, 7) is 4.71. The molecule has 1 N–H and O–H groups in total. The van der Waals surface area contributed by atoms with E-state index in [2.05, 4.69) is 5.32 Å². The summed E-state index contributed by atoms with van der Waals surface area (Å²) in [6, 6.07) is 13.9. The minimum atomic E-state index is -0.524. The number of amides is 1. The summed E-state index contributed by atoms with van der Waals surface area (Å²) < 4.78 is 10.9. The molecule has 2 aromatic rings. The van der Waals surface area contributed by atoms with Crippen LogP contribution in [0.2, 0.25) is 5.02 Å². The van der Waals surface area contributed by atoms with Crippen molar-refractivity contribution < 1.29 is 14.3 Å². The Morgan fingerprint density at radius 2 is 1.96 bits per heavy atom. The summed E-state index contributed by atoms with van der Waals surface area (Å²) in [7, 11) is 0. The van der Waals surface area contributed by atoms with Crippen LogP contribution in [0.5, 0.6) is 11.5 Å². The fourth-order valence-corrected chi connectivity index (χ4v) is 2.43. The molecule has 0 radical (unpaired) electrons. The van der Waals surface area contributed by atoms with E-state index >= 15 is 0 Å². The first-order valence-electron chi connectivity index (χ1n) is 8.15. The van der Waals surface area contributed by atoms with Crippen LogP contribution in [0.15, 0.2) is 48.0 Å². The summed E-state index contributed by atoms with van der Waals surface area (Å²) in [6.07, 6.45) is 1.46. The van der Waals surface area contributed by atoms with Crippen molar-refractivity contribution in [2.45, 2.75) is 13.8 Å². The van der Waals surface area contributed by atoms with E-state index < -0.39 is 5.91 Å². The molecule has 0 saturated carbocycles. The summed E-state index contributed by atoms with van der Waals surface area (Å²) in [5.74, 6) is 0.667. The van der Waals surface area contributed by atoms with E-state index in [9.17, 15) is 10.1 Å². The number of benzene rings is 2. The Hall–Kier alpha value is -2.97. The Kier molecular flexibility index (Phi) is 7.07. The van der Waals surface area contributed by atoms with Crippen molar-refractivity contribution in [1.29, 1.82) is 5.26 Å². The molecule has 0 aliphatic rings. The number of hydrogen-bond donors (Lipinski definition) is 1. The van der Waals surface area contributed by atoms with E-state index in [0.717, 1.165) is 0 Å². The minimum absolute atomic E-state index is 0.0602. The lowest BCUT2D eigenvalue weighted by Gasteiger charge is -2.09. The summed E-state index contributed by atoms with van der Waals surface area (Å²) in [5.41, 5.74) is 1.04. The number of anilines is 1. The topological polar surface area (TPSA) is 71.3 Å². The Labute approximate surface area is 157 Å². The zero-order valence-corrected chi connectivity index (χ0v) is 15.3. The van der Waals surface area contributed by atoms with Crippen molar-refractivity contribution in [1.82, 2.24) is 0 Å². The maximum atomic E-state index is 12.5. The number of ether oxygens (including phenoxy) is 2. The lowest BCUT2D eigenvalue weighted by atomic mass is 10.1. The molecule has 2 rings (SSSR count). The highest BCUT2D eigenvalue weighted by Gasteiger charge is 2.12. The third kappa shape index (κ3) is 5.27. The van der Waals surface area contributed by atoms with Gasteiger partial charge in [-0.3, -0.25) is 4.79 Å². The van der Waals surface area contributed by atoms with Crippen LogP contribution in [0.3, 0.4) is 0 Å². The van der Waals surface area contributed by atoms with Crippen LogP contribution in [0.1, 0.15) is 19.4 Å². The highest BCUT2D eigenvalue weighted by molar-refractivity contribution is 6.30. The molecule has 0 aromatic heterocycles. The van der Waals surface area contributed by atoms with Crippen LogP contribution < -0.4 is 14.8 Å². The van der Waals surface area contributed by atoms with E-state index in [0.29, 0.717) is 41.0 Å². The average Bonchev–Trinajstić information content (AvgIpc) is 2.62. The largest absolute Gasteiger partial charge is 0.494 e. The molecule has 0 saturated heterocycles. The van der Waals surface area contributed by atoms with Crippen molar-refractivity contribution in [3.8, 4) is 17.6 Å². The van der Waals surface area contributed by atoms with Crippen LogP contribution in [0.25, 0.3) is 6.08 Å². The second-order valence-corrected chi connectivity index (χ2v) is 5.64. The summed E-state index contributed by atoms with van der Waals surface area (Å²) in [5, 5.41) is 12.6. The molecular weight excluding hydrogens is 352 g/mol. The van der Waals surface area contributed by atoms with Crippen molar-refractivity contribution in [2.24, 2.45) is 0 Å². The molecule has 6 heteroatoms. The second kappa shape index (κ2) is 9.50. The predicted molar refractivity (Wildman–Crippen MR) is 102 cm³/mol. The quantitative estimate of drug-likeness (QED) is 0.567. The van der Waals surface area contributed by atoms with Crippen LogP contribution in [-0.4, -0.2) is 19.1 Å². The first-order valence-corrected chi connectivity index (χ1v) is 8.53. The van der Waals surface area contributed by atoms with E-state index in [1.54, 1.807) is 42.5 Å². The molecule has 0 atom stereocenters. The average molecular weight is 371 g/mol. The molecular formula is C20H19ClN2O3. The Morgan fingerprint density at radius 1 is 1.19 bits per heavy atom. The maximum Gasteiger partial charge on any atom is 0.266 e. The number of carbonyl (C=O) groups excluding carboxylic acids is 1. The van der Waals surface area contributed by atoms with E-state index in [1.807, 2.05) is 19.9 Å². The molecule has 5 nitrogen and oxygen atoms in total. The monoisotopic (exact) mass is 370 g/mol. The first-order chi connectivity index (χ1) is 12.6. The van der Waals surface area contributed by atoms with Gasteiger partial charge < -0.3 is 14.8 Å². The van der Waals surface area contributed by atoms with Gasteiger partial charge in [0.25, 0.3) is 5.91 Å². The Bertz CT molecular complexity index is 856. The van der Waals surface area contributed by atoms with Gasteiger partial charge in [-0.15, -0.1) is 0 Å². The molecule has 0 spiro atoms. The molecule has 0 aliphatic heterocycles. The fraction of sp³-hybridized carbons (Fsp3) is 0.200. The molecule has 134 valence electrons. The Morgan fingerprint density at radius 3 is 2.65 bits per heavy atom. The van der Waals surface area contributed by atoms with Gasteiger partial charge in [0.05, 0.1) is 13.2 Å². The lowest BCUT2D eigenvalue weighted by molar-refractivity contribution is -0.112. The third-order valence-electron chi connectivity index (χ3n) is 3.34. The first kappa shape index (κ1) is 19.4. The van der Waals surface area contributed by atoms with Gasteiger partial charge in [-0.25, -0.2) is 0 Å². The van der Waals surface area contributed by atoms with Crippen LogP contribution in [-0.2, 0) is 4.79 Å². The predicted octanol–water partition coefficient (Wildman–Crippen LogP) is 4.68. The number of nitrogens with zero attached hydrogens (tertiary/aromatic N) is 1. The molecule has 0 bridgehead atoms. The number of carbonyl (C=O) groups is 1. The summed E-state index contributed by atoms with van der Waals surface area (Å²) >= 11 is 6.02. The molecule has 1 amide bonds. The van der Waals surface area contributed by atoms with Gasteiger partial charge in [0.2, 0.25) is 0 Å². The third-order valence-corrected chi connectivity index (χ3v) is 3.57. The number of hydrogen-bond acceptors (Lipinski definition) is 4. The smallest absolute Gasteiger partial charge is 0.266 e. The zero-order valence-electron chi connectivity index (χ0n) is 14.6. The van der Waals surface area contributed by atoms with Gasteiger partial charge in [-0.05, 0) is 50.3 Å². The molecule has 26 heavy (non-hydrogen) atoms. The highest BCUT2D eigenvalue weighted by atomic mass is 35.5. The highest BCUT2D eigenvalue weighted by Crippen LogP contribution is 2.26. The molecule has 0 fully saturated rings. The van der Waals surface area contributed by atoms with Crippen LogP contribution >= 0.6 is 11.6 Å². The van der Waals surface area contributed by atoms with Crippen LogP contribution in [0, 0.1) is 11.3 Å². The molecule has 2 aromatic carbocycles. The number of nitrogens with one attached hydrogen (secondary N) is 1. The van der Waals surface area contributed by atoms with Gasteiger partial charge in [0.1, 0.15) is 23.1 Å². The van der Waals surface area contributed by atoms with Crippen molar-refractivity contribution in [3.63, 3.8) is 0 Å². The van der Waals surface area contributed by atoms with Gasteiger partial charge in [0.15, 0.2) is 0 Å². The number of nitriles is 1. The molecule has 0 heterocycles. The normalized spacial score (nSPS) is 10.8. The molecule has 0 unspecified atom stereocenters. The van der Waals surface area contributed by atoms with Crippen molar-refractivity contribution in [2.75, 3.05) is 18.5 Å². The van der Waals surface area contributed by atoms with Crippen molar-refractivity contribution >= 4 is 29.3 Å². The zero-order chi connectivity index (χ0) is 18.9. The van der Waals surface area contributed by atoms with E-state index in [-0.39, 0.29) is 5.57 Å². The SMILES string of the molecule is CCOc1cccc(NC(=O)/C(C#N)=C\c2cc(Cl)ccc2OCC)c1. The van der Waals surface area contributed by atoms with E-state index in [4.69, 9.17) is 21.1 Å². The van der Waals surface area contributed by atoms with Gasteiger partial charge in [0, 0.05) is 22.3 Å². The van der Waals surface area contributed by atoms with Gasteiger partial charge in [-0.2, -0.15) is 5.26 Å². The van der Waals surface area contributed by atoms with Crippen LogP contribution in [0.4, 0.5) is 5.69 Å². The molecule has 0 aliphatic carbocycles. The minimum Gasteiger partial charge on any atom is -0.494 e. The van der Waals surface area contributed by atoms with Crippen molar-refractivity contribution in [3.05, 3.63) is 58.6 Å². The standard InChI is InChI=1S/C20H19ClN2O3/c1-3-25-18-7-5-6-17(12-18)23-20(24)15(13-22)10-14-11-16(21)8-9-19(14)26-4-2/h5-12H,3-4H2,1-2H3,(H,23,24)/b15-10-. The number of rotatable bonds is 7. The fourth-order valence-electron chi connectivity index (χ4n) is 2.25. The lowest BCUT2D eigenvalue weighted by Crippen LogP contribution is -2.13. The second-order valence-electron chi connectivity index (χ2n) is 5.20.